The number of benzene rings is 1. The van der Waals surface area contributed by atoms with Crippen molar-refractivity contribution in [1.82, 2.24) is 0 Å². The van der Waals surface area contributed by atoms with Crippen LogP contribution >= 0.6 is 11.3 Å². The Hall–Kier alpha value is -1.88. The topological polar surface area (TPSA) is 38.3 Å². The molecule has 1 heterocycles. The molecule has 0 aliphatic carbocycles. The van der Waals surface area contributed by atoms with Gasteiger partial charge >= 0.3 is 5.97 Å². The molecule has 0 bridgehead atoms. The fourth-order valence-electron chi connectivity index (χ4n) is 1.83. The number of ether oxygens (including phenoxy) is 1. The first-order valence-corrected chi connectivity index (χ1v) is 7.04. The molecule has 0 spiro atoms. The molecule has 0 saturated heterocycles. The average molecular weight is 293 g/mol. The predicted molar refractivity (Wildman–Crippen MR) is 78.5 cm³/mol. The number of rotatable bonds is 5. The van der Waals surface area contributed by atoms with E-state index in [0.29, 0.717) is 13.0 Å². The molecular weight excluding hydrogens is 277 g/mol. The third kappa shape index (κ3) is 3.81. The molecule has 0 aliphatic heterocycles. The Morgan fingerprint density at radius 3 is 2.75 bits per heavy atom. The summed E-state index contributed by atoms with van der Waals surface area (Å²) in [4.78, 5) is 13.3. The van der Waals surface area contributed by atoms with E-state index in [0.717, 1.165) is 21.0 Å². The van der Waals surface area contributed by atoms with Crippen LogP contribution in [0.1, 0.15) is 15.3 Å². The molecule has 106 valence electrons. The minimum absolute atomic E-state index is 0.232. The Labute approximate surface area is 121 Å². The van der Waals surface area contributed by atoms with Crippen LogP contribution in [0.2, 0.25) is 0 Å². The van der Waals surface area contributed by atoms with Crippen LogP contribution in [0, 0.1) is 12.7 Å². The van der Waals surface area contributed by atoms with Crippen LogP contribution in [-0.4, -0.2) is 13.1 Å². The fourth-order valence-corrected chi connectivity index (χ4v) is 2.78. The molecule has 0 atom stereocenters. The molecule has 0 fully saturated rings. The zero-order chi connectivity index (χ0) is 14.5. The number of carbonyl (C=O) groups is 1. The molecule has 0 radical (unpaired) electrons. The number of thiophene rings is 1. The van der Waals surface area contributed by atoms with Gasteiger partial charge in [0.25, 0.3) is 0 Å². The van der Waals surface area contributed by atoms with Crippen molar-refractivity contribution in [3.63, 3.8) is 0 Å². The number of carbonyl (C=O) groups excluding carboxylic acids is 1. The molecule has 3 nitrogen and oxygen atoms in total. The normalized spacial score (nSPS) is 10.3. The minimum atomic E-state index is -0.235. The molecule has 20 heavy (non-hydrogen) atoms. The predicted octanol–water partition coefficient (Wildman–Crippen LogP) is 3.52. The van der Waals surface area contributed by atoms with E-state index in [1.807, 2.05) is 19.1 Å². The van der Waals surface area contributed by atoms with Crippen molar-refractivity contribution in [3.8, 4) is 0 Å². The Morgan fingerprint density at radius 2 is 2.05 bits per heavy atom. The fraction of sp³-hybridized carbons (Fsp3) is 0.267. The molecule has 0 amide bonds. The number of methoxy groups -OCH3 is 1. The van der Waals surface area contributed by atoms with E-state index in [2.05, 4.69) is 10.1 Å². The zero-order valence-electron chi connectivity index (χ0n) is 11.4. The summed E-state index contributed by atoms with van der Waals surface area (Å²) < 4.78 is 17.6. The molecular formula is C15H16FNO2S. The smallest absolute Gasteiger partial charge is 0.310 e. The van der Waals surface area contributed by atoms with Gasteiger partial charge in [-0.3, -0.25) is 4.79 Å². The lowest BCUT2D eigenvalue weighted by molar-refractivity contribution is -0.139. The van der Waals surface area contributed by atoms with Gasteiger partial charge in [-0.05, 0) is 42.8 Å². The summed E-state index contributed by atoms with van der Waals surface area (Å²) in [5.41, 5.74) is 1.78. The lowest BCUT2D eigenvalue weighted by atomic mass is 10.2. The summed E-state index contributed by atoms with van der Waals surface area (Å²) in [7, 11) is 1.38. The third-order valence-corrected chi connectivity index (χ3v) is 3.99. The first-order chi connectivity index (χ1) is 9.58. The number of aryl methyl sites for hydroxylation is 1. The standard InChI is InChI=1S/C15H16FNO2S/c1-10-7-11(16)3-6-14(10)17-9-13-5-4-12(20-13)8-15(18)19-2/h3-7,17H,8-9H2,1-2H3. The molecule has 2 rings (SSSR count). The van der Waals surface area contributed by atoms with Gasteiger partial charge in [-0.1, -0.05) is 0 Å². The number of hydrogen-bond donors (Lipinski definition) is 1. The summed E-state index contributed by atoms with van der Waals surface area (Å²) in [6.45, 7) is 2.51. The van der Waals surface area contributed by atoms with Crippen molar-refractivity contribution in [1.29, 1.82) is 0 Å². The summed E-state index contributed by atoms with van der Waals surface area (Å²) >= 11 is 1.57. The number of esters is 1. The third-order valence-electron chi connectivity index (χ3n) is 2.91. The SMILES string of the molecule is COC(=O)Cc1ccc(CNc2ccc(F)cc2C)s1. The van der Waals surface area contributed by atoms with Crippen LogP contribution in [0.3, 0.4) is 0 Å². The minimum Gasteiger partial charge on any atom is -0.469 e. The van der Waals surface area contributed by atoms with Crippen molar-refractivity contribution in [2.24, 2.45) is 0 Å². The van der Waals surface area contributed by atoms with Crippen LogP contribution in [-0.2, 0) is 22.5 Å². The monoisotopic (exact) mass is 293 g/mol. The second kappa shape index (κ2) is 6.52. The molecule has 0 unspecified atom stereocenters. The van der Waals surface area contributed by atoms with Crippen molar-refractivity contribution in [2.75, 3.05) is 12.4 Å². The van der Waals surface area contributed by atoms with Gasteiger partial charge in [-0.2, -0.15) is 0 Å². The molecule has 0 aliphatic rings. The van der Waals surface area contributed by atoms with Crippen molar-refractivity contribution in [3.05, 3.63) is 51.5 Å². The van der Waals surface area contributed by atoms with E-state index in [1.54, 1.807) is 17.4 Å². The van der Waals surface area contributed by atoms with Crippen LogP contribution in [0.4, 0.5) is 10.1 Å². The number of anilines is 1. The van der Waals surface area contributed by atoms with Gasteiger partial charge in [-0.15, -0.1) is 11.3 Å². The summed E-state index contributed by atoms with van der Waals surface area (Å²) in [6, 6.07) is 8.57. The maximum absolute atomic E-state index is 13.0. The molecule has 1 aromatic carbocycles. The van der Waals surface area contributed by atoms with Gasteiger partial charge in [-0.25, -0.2) is 4.39 Å². The molecule has 1 aromatic heterocycles. The van der Waals surface area contributed by atoms with Crippen LogP contribution in [0.25, 0.3) is 0 Å². The first-order valence-electron chi connectivity index (χ1n) is 6.23. The van der Waals surface area contributed by atoms with Gasteiger partial charge in [0.05, 0.1) is 13.5 Å². The van der Waals surface area contributed by atoms with Crippen molar-refractivity contribution < 1.29 is 13.9 Å². The van der Waals surface area contributed by atoms with E-state index in [1.165, 1.54) is 19.2 Å². The van der Waals surface area contributed by atoms with Gasteiger partial charge < -0.3 is 10.1 Å². The zero-order valence-corrected chi connectivity index (χ0v) is 12.2. The van der Waals surface area contributed by atoms with Gasteiger partial charge in [0.2, 0.25) is 0 Å². The van der Waals surface area contributed by atoms with E-state index in [4.69, 9.17) is 0 Å². The van der Waals surface area contributed by atoms with Gasteiger partial charge in [0.1, 0.15) is 5.82 Å². The van der Waals surface area contributed by atoms with Crippen molar-refractivity contribution in [2.45, 2.75) is 19.9 Å². The molecule has 2 aromatic rings. The molecule has 0 saturated carbocycles. The summed E-state index contributed by atoms with van der Waals surface area (Å²) in [5.74, 6) is -0.467. The van der Waals surface area contributed by atoms with E-state index in [9.17, 15) is 9.18 Å². The largest absolute Gasteiger partial charge is 0.469 e. The Kier molecular flexibility index (Phi) is 4.74. The number of halogens is 1. The second-order valence-corrected chi connectivity index (χ2v) is 5.69. The van der Waals surface area contributed by atoms with E-state index < -0.39 is 0 Å². The molecule has 1 N–H and O–H groups in total. The van der Waals surface area contributed by atoms with Crippen molar-refractivity contribution >= 4 is 23.0 Å². The number of hydrogen-bond acceptors (Lipinski definition) is 4. The highest BCUT2D eigenvalue weighted by Gasteiger charge is 2.06. The average Bonchev–Trinajstić information content (AvgIpc) is 2.85. The van der Waals surface area contributed by atoms with Crippen LogP contribution < -0.4 is 5.32 Å². The van der Waals surface area contributed by atoms with Gasteiger partial charge in [0.15, 0.2) is 0 Å². The Morgan fingerprint density at radius 1 is 1.30 bits per heavy atom. The Bertz CT molecular complexity index is 610. The summed E-state index contributed by atoms with van der Waals surface area (Å²) in [6.07, 6.45) is 0.302. The van der Waals surface area contributed by atoms with Crippen LogP contribution in [0.15, 0.2) is 30.3 Å². The quantitative estimate of drug-likeness (QED) is 0.857. The lowest BCUT2D eigenvalue weighted by Crippen LogP contribution is -2.02. The maximum atomic E-state index is 13.0. The van der Waals surface area contributed by atoms with E-state index in [-0.39, 0.29) is 11.8 Å². The lowest BCUT2D eigenvalue weighted by Gasteiger charge is -2.08. The van der Waals surface area contributed by atoms with E-state index >= 15 is 0 Å². The maximum Gasteiger partial charge on any atom is 0.310 e. The second-order valence-electron chi connectivity index (χ2n) is 4.43. The highest BCUT2D eigenvalue weighted by Crippen LogP contribution is 2.21. The van der Waals surface area contributed by atoms with Crippen LogP contribution in [0.5, 0.6) is 0 Å². The molecule has 5 heteroatoms. The first kappa shape index (κ1) is 14.5. The van der Waals surface area contributed by atoms with Gasteiger partial charge in [0, 0.05) is 22.0 Å². The number of nitrogens with one attached hydrogen (secondary N) is 1. The Balaban J connectivity index is 1.95. The highest BCUT2D eigenvalue weighted by atomic mass is 32.1. The highest BCUT2D eigenvalue weighted by molar-refractivity contribution is 7.12. The summed E-state index contributed by atoms with van der Waals surface area (Å²) in [5, 5.41) is 3.26.